The van der Waals surface area contributed by atoms with Gasteiger partial charge in [0.15, 0.2) is 0 Å². The minimum absolute atomic E-state index is 0.221. The molecule has 6 nitrogen and oxygen atoms in total. The number of hydrogen-bond donors (Lipinski definition) is 1. The van der Waals surface area contributed by atoms with Gasteiger partial charge in [0.2, 0.25) is 0 Å². The number of hydrogen-bond acceptors (Lipinski definition) is 4. The van der Waals surface area contributed by atoms with Crippen molar-refractivity contribution in [3.63, 3.8) is 0 Å². The first-order valence-corrected chi connectivity index (χ1v) is 9.76. The summed E-state index contributed by atoms with van der Waals surface area (Å²) in [6.45, 7) is 0.221. The van der Waals surface area contributed by atoms with Gasteiger partial charge in [0.05, 0.1) is 17.1 Å². The van der Waals surface area contributed by atoms with Crippen molar-refractivity contribution in [1.29, 1.82) is 0 Å². The second-order valence-corrected chi connectivity index (χ2v) is 7.35. The number of benzene rings is 3. The molecule has 1 N–H and O–H groups in total. The number of H-pyrrole nitrogens is 1. The smallest absolute Gasteiger partial charge is 0.349 e. The van der Waals surface area contributed by atoms with E-state index in [0.717, 1.165) is 14.7 Å². The Morgan fingerprint density at radius 1 is 1.07 bits per heavy atom. The fourth-order valence-corrected chi connectivity index (χ4v) is 3.25. The van der Waals surface area contributed by atoms with Crippen molar-refractivity contribution in [2.24, 2.45) is 5.10 Å². The van der Waals surface area contributed by atoms with Gasteiger partial charge in [-0.25, -0.2) is 9.18 Å². The van der Waals surface area contributed by atoms with Crippen LogP contribution >= 0.6 is 15.9 Å². The van der Waals surface area contributed by atoms with E-state index in [-0.39, 0.29) is 12.4 Å². The summed E-state index contributed by atoms with van der Waals surface area (Å²) in [5.74, 6) is 0.179. The lowest BCUT2D eigenvalue weighted by molar-refractivity contribution is 0.305. The zero-order chi connectivity index (χ0) is 21.1. The molecule has 0 saturated heterocycles. The van der Waals surface area contributed by atoms with E-state index in [9.17, 15) is 14.0 Å². The minimum atomic E-state index is -0.640. The summed E-state index contributed by atoms with van der Waals surface area (Å²) in [4.78, 5) is 27.5. The van der Waals surface area contributed by atoms with Crippen LogP contribution in [0.5, 0.6) is 5.75 Å². The van der Waals surface area contributed by atoms with E-state index in [2.05, 4.69) is 26.0 Å². The van der Waals surface area contributed by atoms with Gasteiger partial charge in [-0.3, -0.25) is 4.79 Å². The average molecular weight is 468 g/mol. The molecule has 1 aromatic heterocycles. The maximum absolute atomic E-state index is 13.1. The molecule has 0 bridgehead atoms. The Kier molecular flexibility index (Phi) is 5.58. The molecule has 0 atom stereocenters. The van der Waals surface area contributed by atoms with Crippen LogP contribution in [0.15, 0.2) is 85.9 Å². The van der Waals surface area contributed by atoms with E-state index in [1.54, 1.807) is 54.6 Å². The van der Waals surface area contributed by atoms with Crippen molar-refractivity contribution < 1.29 is 9.13 Å². The topological polar surface area (TPSA) is 76.5 Å². The Balaban J connectivity index is 1.66. The van der Waals surface area contributed by atoms with Crippen molar-refractivity contribution in [3.8, 4) is 5.75 Å². The molecule has 0 spiro atoms. The first kappa shape index (κ1) is 19.8. The third kappa shape index (κ3) is 4.23. The van der Waals surface area contributed by atoms with Gasteiger partial charge in [-0.2, -0.15) is 5.10 Å². The van der Waals surface area contributed by atoms with Gasteiger partial charge in [-0.05, 0) is 48.0 Å². The number of fused-ring (bicyclic) bond motifs is 1. The van der Waals surface area contributed by atoms with Gasteiger partial charge in [-0.15, -0.1) is 4.68 Å². The maximum atomic E-state index is 13.1. The molecule has 0 aliphatic carbocycles. The fourth-order valence-electron chi connectivity index (χ4n) is 2.87. The summed E-state index contributed by atoms with van der Waals surface area (Å²) in [5, 5.41) is 4.44. The van der Waals surface area contributed by atoms with Crippen LogP contribution in [-0.2, 0) is 6.61 Å². The van der Waals surface area contributed by atoms with Crippen LogP contribution in [0.2, 0.25) is 0 Å². The van der Waals surface area contributed by atoms with Crippen molar-refractivity contribution in [2.75, 3.05) is 0 Å². The van der Waals surface area contributed by atoms with Gasteiger partial charge in [-0.1, -0.05) is 40.2 Å². The van der Waals surface area contributed by atoms with Crippen LogP contribution in [0.1, 0.15) is 11.1 Å². The number of nitrogens with one attached hydrogen (secondary N) is 1. The summed E-state index contributed by atoms with van der Waals surface area (Å²) < 4.78 is 20.4. The van der Waals surface area contributed by atoms with E-state index in [1.165, 1.54) is 18.3 Å². The molecule has 0 aliphatic heterocycles. The van der Waals surface area contributed by atoms with Crippen LogP contribution in [0, 0.1) is 5.82 Å². The molecule has 30 heavy (non-hydrogen) atoms. The Labute approximate surface area is 178 Å². The van der Waals surface area contributed by atoms with Gasteiger partial charge < -0.3 is 9.72 Å². The third-order valence-electron chi connectivity index (χ3n) is 4.38. The predicted molar refractivity (Wildman–Crippen MR) is 117 cm³/mol. The molecule has 4 rings (SSSR count). The second kappa shape index (κ2) is 8.46. The molecule has 0 saturated carbocycles. The van der Waals surface area contributed by atoms with Gasteiger partial charge >= 0.3 is 5.69 Å². The molecule has 0 radical (unpaired) electrons. The molecule has 1 heterocycles. The molecule has 150 valence electrons. The summed E-state index contributed by atoms with van der Waals surface area (Å²) in [6.07, 6.45) is 1.39. The Hall–Kier alpha value is -3.52. The molecule has 3 aromatic carbocycles. The largest absolute Gasteiger partial charge is 0.488 e. The summed E-state index contributed by atoms with van der Waals surface area (Å²) in [6, 6.07) is 18.0. The van der Waals surface area contributed by atoms with E-state index in [1.807, 2.05) is 0 Å². The lowest BCUT2D eigenvalue weighted by atomic mass is 10.2. The number of aromatic amines is 1. The zero-order valence-corrected chi connectivity index (χ0v) is 17.1. The first-order valence-electron chi connectivity index (χ1n) is 8.96. The van der Waals surface area contributed by atoms with Crippen molar-refractivity contribution in [3.05, 3.63) is 109 Å². The standard InChI is InChI=1S/C22H15BrFN3O3/c23-16-7-10-20(30-13-14-5-8-17(24)9-6-14)15(11-16)12-25-27-21(28)18-3-1-2-4-19(18)26-22(27)29/h1-12H,13H2,(H,26,29). The van der Waals surface area contributed by atoms with E-state index in [0.29, 0.717) is 22.2 Å². The molecule has 4 aromatic rings. The lowest BCUT2D eigenvalue weighted by Crippen LogP contribution is -2.32. The highest BCUT2D eigenvalue weighted by molar-refractivity contribution is 9.10. The molecular weight excluding hydrogens is 453 g/mol. The molecule has 0 aliphatic rings. The highest BCUT2D eigenvalue weighted by Gasteiger charge is 2.08. The maximum Gasteiger partial charge on any atom is 0.349 e. The van der Waals surface area contributed by atoms with Crippen LogP contribution in [0.3, 0.4) is 0 Å². The minimum Gasteiger partial charge on any atom is -0.488 e. The third-order valence-corrected chi connectivity index (χ3v) is 4.87. The molecule has 0 amide bonds. The highest BCUT2D eigenvalue weighted by atomic mass is 79.9. The van der Waals surface area contributed by atoms with E-state index < -0.39 is 11.2 Å². The molecule has 0 fully saturated rings. The highest BCUT2D eigenvalue weighted by Crippen LogP contribution is 2.23. The Morgan fingerprint density at radius 2 is 1.83 bits per heavy atom. The molecular formula is C22H15BrFN3O3. The summed E-state index contributed by atoms with van der Waals surface area (Å²) in [7, 11) is 0. The van der Waals surface area contributed by atoms with E-state index in [4.69, 9.17) is 4.74 Å². The van der Waals surface area contributed by atoms with Crippen molar-refractivity contribution in [2.45, 2.75) is 6.61 Å². The zero-order valence-electron chi connectivity index (χ0n) is 15.5. The Bertz CT molecular complexity index is 1360. The Morgan fingerprint density at radius 3 is 2.63 bits per heavy atom. The lowest BCUT2D eigenvalue weighted by Gasteiger charge is -2.10. The second-order valence-electron chi connectivity index (χ2n) is 6.43. The van der Waals surface area contributed by atoms with Gasteiger partial charge in [0.1, 0.15) is 18.2 Å². The number of rotatable bonds is 5. The van der Waals surface area contributed by atoms with Crippen molar-refractivity contribution in [1.82, 2.24) is 9.66 Å². The molecule has 8 heteroatoms. The number of halogens is 2. The summed E-state index contributed by atoms with van der Waals surface area (Å²) >= 11 is 3.39. The van der Waals surface area contributed by atoms with Crippen LogP contribution in [0.4, 0.5) is 4.39 Å². The number of para-hydroxylation sites is 1. The number of nitrogens with zero attached hydrogens (tertiary/aromatic N) is 2. The monoisotopic (exact) mass is 467 g/mol. The predicted octanol–water partition coefficient (Wildman–Crippen LogP) is 4.05. The molecule has 0 unspecified atom stereocenters. The first-order chi connectivity index (χ1) is 14.5. The SMILES string of the molecule is O=c1[nH]c2ccccc2c(=O)n1N=Cc1cc(Br)ccc1OCc1ccc(F)cc1. The van der Waals surface area contributed by atoms with Crippen LogP contribution < -0.4 is 16.0 Å². The normalized spacial score (nSPS) is 11.3. The van der Waals surface area contributed by atoms with E-state index >= 15 is 0 Å². The van der Waals surface area contributed by atoms with Gasteiger partial charge in [0.25, 0.3) is 5.56 Å². The average Bonchev–Trinajstić information content (AvgIpc) is 2.74. The van der Waals surface area contributed by atoms with Crippen LogP contribution in [0.25, 0.3) is 10.9 Å². The number of ether oxygens (including phenoxy) is 1. The van der Waals surface area contributed by atoms with Crippen molar-refractivity contribution >= 4 is 33.0 Å². The van der Waals surface area contributed by atoms with Crippen LogP contribution in [-0.4, -0.2) is 15.9 Å². The summed E-state index contributed by atoms with van der Waals surface area (Å²) in [5.41, 5.74) is 0.646. The quantitative estimate of drug-likeness (QED) is 0.449. The van der Waals surface area contributed by atoms with Gasteiger partial charge in [0, 0.05) is 10.0 Å². The fraction of sp³-hybridized carbons (Fsp3) is 0.0455. The number of aromatic nitrogens is 2.